The van der Waals surface area contributed by atoms with E-state index in [0.717, 1.165) is 25.9 Å². The highest BCUT2D eigenvalue weighted by Crippen LogP contribution is 2.23. The first-order valence-electron chi connectivity index (χ1n) is 5.88. The fourth-order valence-electron chi connectivity index (χ4n) is 2.11. The Balaban J connectivity index is 2.14. The van der Waals surface area contributed by atoms with E-state index in [1.807, 2.05) is 0 Å². The first-order chi connectivity index (χ1) is 8.06. The maximum Gasteiger partial charge on any atom is 0.254 e. The number of rotatable bonds is 1. The number of benzene rings is 1. The Kier molecular flexibility index (Phi) is 3.22. The highest BCUT2D eigenvalue weighted by atomic mass is 16.3. The van der Waals surface area contributed by atoms with Gasteiger partial charge in [0, 0.05) is 24.7 Å². The summed E-state index contributed by atoms with van der Waals surface area (Å²) in [5.74, 6) is 0.372. The molecule has 0 radical (unpaired) electrons. The summed E-state index contributed by atoms with van der Waals surface area (Å²) in [5.41, 5.74) is 0.344. The molecule has 0 bridgehead atoms. The minimum Gasteiger partial charge on any atom is -0.508 e. The lowest BCUT2D eigenvalue weighted by Gasteiger charge is -2.30. The number of carbonyl (C=O) groups excluding carboxylic acids is 1. The van der Waals surface area contributed by atoms with E-state index in [1.54, 1.807) is 4.90 Å². The van der Waals surface area contributed by atoms with Crippen LogP contribution in [0.1, 0.15) is 30.1 Å². The van der Waals surface area contributed by atoms with Crippen LogP contribution in [0.3, 0.4) is 0 Å². The molecule has 0 unspecified atom stereocenters. The van der Waals surface area contributed by atoms with E-state index in [-0.39, 0.29) is 17.4 Å². The molecule has 0 aliphatic carbocycles. The van der Waals surface area contributed by atoms with Gasteiger partial charge < -0.3 is 15.1 Å². The molecule has 2 N–H and O–H groups in total. The molecule has 2 rings (SSSR count). The lowest BCUT2D eigenvalue weighted by atomic mass is 9.98. The van der Waals surface area contributed by atoms with Crippen LogP contribution in [0.15, 0.2) is 18.2 Å². The van der Waals surface area contributed by atoms with Crippen molar-refractivity contribution >= 4 is 5.91 Å². The van der Waals surface area contributed by atoms with Crippen LogP contribution in [0.4, 0.5) is 0 Å². The van der Waals surface area contributed by atoms with Gasteiger partial charge in [-0.3, -0.25) is 4.79 Å². The van der Waals surface area contributed by atoms with Crippen LogP contribution in [0.2, 0.25) is 0 Å². The van der Waals surface area contributed by atoms with E-state index < -0.39 is 0 Å². The zero-order chi connectivity index (χ0) is 12.4. The largest absolute Gasteiger partial charge is 0.508 e. The van der Waals surface area contributed by atoms with Crippen LogP contribution in [0.5, 0.6) is 11.5 Å². The third-order valence-corrected chi connectivity index (χ3v) is 3.22. The number of piperidine rings is 1. The van der Waals surface area contributed by atoms with Crippen molar-refractivity contribution in [3.05, 3.63) is 23.8 Å². The van der Waals surface area contributed by atoms with Crippen molar-refractivity contribution in [2.45, 2.75) is 19.8 Å². The summed E-state index contributed by atoms with van der Waals surface area (Å²) in [5, 5.41) is 18.7. The number of aromatic hydroxyl groups is 2. The molecule has 4 heteroatoms. The van der Waals surface area contributed by atoms with Gasteiger partial charge in [0.05, 0.1) is 0 Å². The molecule has 1 aromatic rings. The molecular formula is C13H17NO3. The number of carbonyl (C=O) groups is 1. The highest BCUT2D eigenvalue weighted by Gasteiger charge is 2.21. The summed E-state index contributed by atoms with van der Waals surface area (Å²) in [6, 6.07) is 4.00. The summed E-state index contributed by atoms with van der Waals surface area (Å²) < 4.78 is 0. The van der Waals surface area contributed by atoms with E-state index in [2.05, 4.69) is 6.92 Å². The van der Waals surface area contributed by atoms with Crippen LogP contribution in [-0.2, 0) is 0 Å². The molecule has 0 aromatic heterocycles. The molecule has 0 atom stereocenters. The Labute approximate surface area is 100 Å². The second-order valence-electron chi connectivity index (χ2n) is 4.71. The second kappa shape index (κ2) is 4.65. The van der Waals surface area contributed by atoms with Gasteiger partial charge in [0.15, 0.2) is 0 Å². The average molecular weight is 235 g/mol. The molecule has 1 aliphatic rings. The van der Waals surface area contributed by atoms with Gasteiger partial charge in [0.25, 0.3) is 5.91 Å². The van der Waals surface area contributed by atoms with Crippen molar-refractivity contribution in [2.75, 3.05) is 13.1 Å². The number of nitrogens with zero attached hydrogens (tertiary/aromatic N) is 1. The fraction of sp³-hybridized carbons (Fsp3) is 0.462. The Bertz CT molecular complexity index is 402. The molecule has 1 amide bonds. The molecule has 1 aliphatic heterocycles. The summed E-state index contributed by atoms with van der Waals surface area (Å²) in [6.07, 6.45) is 2.02. The zero-order valence-corrected chi connectivity index (χ0v) is 9.89. The van der Waals surface area contributed by atoms with Gasteiger partial charge >= 0.3 is 0 Å². The van der Waals surface area contributed by atoms with Crippen molar-refractivity contribution in [1.29, 1.82) is 0 Å². The van der Waals surface area contributed by atoms with Crippen molar-refractivity contribution in [1.82, 2.24) is 4.90 Å². The summed E-state index contributed by atoms with van der Waals surface area (Å²) >= 11 is 0. The lowest BCUT2D eigenvalue weighted by molar-refractivity contribution is 0.0696. The molecule has 4 nitrogen and oxygen atoms in total. The van der Waals surface area contributed by atoms with Crippen LogP contribution in [0.25, 0.3) is 0 Å². The third kappa shape index (κ3) is 2.70. The Hall–Kier alpha value is -1.71. The molecule has 92 valence electrons. The van der Waals surface area contributed by atoms with Crippen LogP contribution in [-0.4, -0.2) is 34.1 Å². The quantitative estimate of drug-likeness (QED) is 0.782. The van der Waals surface area contributed by atoms with Gasteiger partial charge in [-0.25, -0.2) is 0 Å². The van der Waals surface area contributed by atoms with Crippen molar-refractivity contribution in [3.63, 3.8) is 0 Å². The van der Waals surface area contributed by atoms with Crippen molar-refractivity contribution in [2.24, 2.45) is 5.92 Å². The number of hydrogen-bond acceptors (Lipinski definition) is 3. The number of phenolic OH excluding ortho intramolecular Hbond substituents is 2. The molecule has 1 saturated heterocycles. The topological polar surface area (TPSA) is 60.8 Å². The Morgan fingerprint density at radius 2 is 1.71 bits per heavy atom. The highest BCUT2D eigenvalue weighted by molar-refractivity contribution is 5.95. The average Bonchev–Trinajstić information content (AvgIpc) is 2.28. The Morgan fingerprint density at radius 3 is 2.24 bits per heavy atom. The summed E-state index contributed by atoms with van der Waals surface area (Å²) in [4.78, 5) is 13.9. The van der Waals surface area contributed by atoms with Crippen LogP contribution >= 0.6 is 0 Å². The smallest absolute Gasteiger partial charge is 0.254 e. The van der Waals surface area contributed by atoms with Crippen molar-refractivity contribution in [3.8, 4) is 11.5 Å². The molecule has 1 heterocycles. The van der Waals surface area contributed by atoms with Gasteiger partial charge in [-0.15, -0.1) is 0 Å². The minimum absolute atomic E-state index is 0.0845. The third-order valence-electron chi connectivity index (χ3n) is 3.22. The Morgan fingerprint density at radius 1 is 1.18 bits per heavy atom. The maximum atomic E-state index is 12.1. The predicted molar refractivity (Wildman–Crippen MR) is 64.1 cm³/mol. The SMILES string of the molecule is CC1CCN(C(=O)c2cc(O)cc(O)c2)CC1. The van der Waals surface area contributed by atoms with Gasteiger partial charge in [0.2, 0.25) is 0 Å². The summed E-state index contributed by atoms with van der Waals surface area (Å²) in [6.45, 7) is 3.68. The molecular weight excluding hydrogens is 218 g/mol. The minimum atomic E-state index is -0.122. The number of hydrogen-bond donors (Lipinski definition) is 2. The van der Waals surface area contributed by atoms with Gasteiger partial charge in [-0.05, 0) is 30.9 Å². The number of likely N-dealkylation sites (tertiary alicyclic amines) is 1. The van der Waals surface area contributed by atoms with E-state index in [9.17, 15) is 15.0 Å². The van der Waals surface area contributed by atoms with E-state index in [0.29, 0.717) is 11.5 Å². The van der Waals surface area contributed by atoms with Gasteiger partial charge in [-0.1, -0.05) is 6.92 Å². The predicted octanol–water partition coefficient (Wildman–Crippen LogP) is 1.97. The summed E-state index contributed by atoms with van der Waals surface area (Å²) in [7, 11) is 0. The van der Waals surface area contributed by atoms with Crippen molar-refractivity contribution < 1.29 is 15.0 Å². The van der Waals surface area contributed by atoms with E-state index >= 15 is 0 Å². The van der Waals surface area contributed by atoms with Crippen LogP contribution in [0, 0.1) is 5.92 Å². The fourth-order valence-corrected chi connectivity index (χ4v) is 2.11. The number of phenols is 2. The standard InChI is InChI=1S/C13H17NO3/c1-9-2-4-14(5-3-9)13(17)10-6-11(15)8-12(16)7-10/h6-9,15-16H,2-5H2,1H3. The van der Waals surface area contributed by atoms with Gasteiger partial charge in [0.1, 0.15) is 11.5 Å². The van der Waals surface area contributed by atoms with Gasteiger partial charge in [-0.2, -0.15) is 0 Å². The molecule has 0 spiro atoms. The van der Waals surface area contributed by atoms with E-state index in [1.165, 1.54) is 18.2 Å². The monoisotopic (exact) mass is 235 g/mol. The zero-order valence-electron chi connectivity index (χ0n) is 9.89. The van der Waals surface area contributed by atoms with E-state index in [4.69, 9.17) is 0 Å². The number of amides is 1. The first kappa shape index (κ1) is 11.8. The second-order valence-corrected chi connectivity index (χ2v) is 4.71. The normalized spacial score (nSPS) is 17.1. The van der Waals surface area contributed by atoms with Crippen LogP contribution < -0.4 is 0 Å². The molecule has 17 heavy (non-hydrogen) atoms. The maximum absolute atomic E-state index is 12.1. The lowest BCUT2D eigenvalue weighted by Crippen LogP contribution is -2.37. The molecule has 0 saturated carbocycles. The first-order valence-corrected chi connectivity index (χ1v) is 5.88. The molecule has 1 fully saturated rings. The molecule has 1 aromatic carbocycles.